The molecule has 0 saturated heterocycles. The first kappa shape index (κ1) is 18.0. The highest BCUT2D eigenvalue weighted by molar-refractivity contribution is 5.78. The van der Waals surface area contributed by atoms with E-state index in [9.17, 15) is 14.4 Å². The van der Waals surface area contributed by atoms with Gasteiger partial charge in [-0.15, -0.1) is 0 Å². The van der Waals surface area contributed by atoms with Crippen LogP contribution in [0.5, 0.6) is 0 Å². The van der Waals surface area contributed by atoms with Gasteiger partial charge in [0.1, 0.15) is 6.54 Å². The molecule has 3 aromatic rings. The lowest BCUT2D eigenvalue weighted by Gasteiger charge is -2.33. The normalized spacial score (nSPS) is 16.4. The number of carboxylic acid groups (broad SMARTS) is 1. The number of rotatable bonds is 3. The number of carbonyl (C=O) groups is 1. The van der Waals surface area contributed by atoms with Gasteiger partial charge in [-0.05, 0) is 24.5 Å². The number of aryl methyl sites for hydroxylation is 2. The van der Waals surface area contributed by atoms with E-state index in [1.165, 1.54) is 11.6 Å². The van der Waals surface area contributed by atoms with Crippen molar-refractivity contribution < 1.29 is 9.90 Å². The van der Waals surface area contributed by atoms with Gasteiger partial charge in [0, 0.05) is 25.8 Å². The number of carboxylic acids is 1. The molecule has 3 heterocycles. The Hall–Kier alpha value is -3.36. The monoisotopic (exact) mass is 383 g/mol. The van der Waals surface area contributed by atoms with Crippen molar-refractivity contribution in [1.82, 2.24) is 18.7 Å². The summed E-state index contributed by atoms with van der Waals surface area (Å²) < 4.78 is 3.79. The molecule has 28 heavy (non-hydrogen) atoms. The number of aromatic nitrogens is 4. The summed E-state index contributed by atoms with van der Waals surface area (Å²) in [5, 5.41) is 9.09. The number of aliphatic carboxylic acids is 1. The van der Waals surface area contributed by atoms with Crippen LogP contribution in [0.3, 0.4) is 0 Å². The molecule has 1 N–H and O–H groups in total. The number of imidazole rings is 1. The van der Waals surface area contributed by atoms with Gasteiger partial charge in [-0.25, -0.2) is 9.36 Å². The van der Waals surface area contributed by atoms with Crippen molar-refractivity contribution in [2.45, 2.75) is 26.9 Å². The van der Waals surface area contributed by atoms with Crippen molar-refractivity contribution in [3.8, 4) is 0 Å². The minimum absolute atomic E-state index is 0.231. The zero-order chi connectivity index (χ0) is 20.2. The lowest BCUT2D eigenvalue weighted by molar-refractivity contribution is -0.137. The smallest absolute Gasteiger partial charge is 0.333 e. The van der Waals surface area contributed by atoms with Crippen LogP contribution in [-0.4, -0.2) is 36.3 Å². The molecule has 0 spiro atoms. The van der Waals surface area contributed by atoms with Crippen LogP contribution in [0.15, 0.2) is 33.9 Å². The summed E-state index contributed by atoms with van der Waals surface area (Å²) in [7, 11) is 1.50. The predicted molar refractivity (Wildman–Crippen MR) is 104 cm³/mol. The summed E-state index contributed by atoms with van der Waals surface area (Å²) in [5.41, 5.74) is 1.26. The third kappa shape index (κ3) is 2.62. The average molecular weight is 383 g/mol. The van der Waals surface area contributed by atoms with Gasteiger partial charge in [0.05, 0.1) is 0 Å². The lowest BCUT2D eigenvalue weighted by Crippen LogP contribution is -2.42. The summed E-state index contributed by atoms with van der Waals surface area (Å²) in [4.78, 5) is 43.3. The maximum absolute atomic E-state index is 13.0. The Balaban J connectivity index is 2.04. The second kappa shape index (κ2) is 6.36. The summed E-state index contributed by atoms with van der Waals surface area (Å²) in [5.74, 6) is -0.427. The average Bonchev–Trinajstić information content (AvgIpc) is 3.02. The van der Waals surface area contributed by atoms with Crippen LogP contribution in [0.4, 0.5) is 11.6 Å². The molecule has 9 heteroatoms. The fraction of sp³-hybridized carbons (Fsp3) is 0.368. The maximum atomic E-state index is 13.0. The minimum Gasteiger partial charge on any atom is -0.480 e. The number of anilines is 2. The molecule has 0 radical (unpaired) electrons. The molecule has 146 valence electrons. The number of fused-ring (bicyclic) bond motifs is 3. The van der Waals surface area contributed by atoms with E-state index in [0.29, 0.717) is 12.5 Å². The van der Waals surface area contributed by atoms with E-state index in [1.807, 2.05) is 31.2 Å². The third-order valence-electron chi connectivity index (χ3n) is 5.14. The van der Waals surface area contributed by atoms with E-state index in [-0.39, 0.29) is 17.1 Å². The molecule has 1 aliphatic heterocycles. The Kier molecular flexibility index (Phi) is 4.10. The van der Waals surface area contributed by atoms with Crippen molar-refractivity contribution in [3.63, 3.8) is 0 Å². The van der Waals surface area contributed by atoms with Crippen LogP contribution in [0.25, 0.3) is 11.2 Å². The summed E-state index contributed by atoms with van der Waals surface area (Å²) in [6, 6.07) is 7.92. The van der Waals surface area contributed by atoms with Crippen LogP contribution in [0.2, 0.25) is 0 Å². The van der Waals surface area contributed by atoms with Gasteiger partial charge in [0.25, 0.3) is 5.56 Å². The molecule has 1 atom stereocenters. The van der Waals surface area contributed by atoms with Crippen LogP contribution >= 0.6 is 0 Å². The summed E-state index contributed by atoms with van der Waals surface area (Å²) in [6.07, 6.45) is 0. The molecule has 1 aliphatic rings. The number of hydrogen-bond acceptors (Lipinski definition) is 5. The molecule has 0 fully saturated rings. The van der Waals surface area contributed by atoms with Crippen LogP contribution in [0, 0.1) is 12.8 Å². The van der Waals surface area contributed by atoms with E-state index < -0.39 is 23.8 Å². The zero-order valence-electron chi connectivity index (χ0n) is 15.9. The minimum atomic E-state index is -1.24. The van der Waals surface area contributed by atoms with Gasteiger partial charge in [0.2, 0.25) is 5.95 Å². The van der Waals surface area contributed by atoms with E-state index in [1.54, 1.807) is 4.57 Å². The standard InChI is InChI=1S/C19H21N5O4/c1-11-8-22(13-7-5-4-6-12(13)2)18-20-16-15(23(18)9-11)17(27)24(10-14(25)26)19(28)21(16)3/h4-7,11H,8-10H2,1-3H3,(H,25,26)/t11-/m0/s1. The Morgan fingerprint density at radius 1 is 1.25 bits per heavy atom. The van der Waals surface area contributed by atoms with E-state index in [4.69, 9.17) is 5.11 Å². The summed E-state index contributed by atoms with van der Waals surface area (Å²) in [6.45, 7) is 4.70. The van der Waals surface area contributed by atoms with Gasteiger partial charge in [-0.2, -0.15) is 4.98 Å². The quantitative estimate of drug-likeness (QED) is 0.726. The number of nitrogens with zero attached hydrogens (tertiary/aromatic N) is 5. The van der Waals surface area contributed by atoms with Crippen molar-refractivity contribution in [3.05, 3.63) is 50.7 Å². The highest BCUT2D eigenvalue weighted by Gasteiger charge is 2.30. The SMILES string of the molecule is Cc1ccccc1N1C[C@H](C)Cn2c1nc1c2c(=O)n(CC(=O)O)c(=O)n1C. The maximum Gasteiger partial charge on any atom is 0.333 e. The van der Waals surface area contributed by atoms with Crippen molar-refractivity contribution in [2.75, 3.05) is 11.4 Å². The Morgan fingerprint density at radius 3 is 2.64 bits per heavy atom. The van der Waals surface area contributed by atoms with Gasteiger partial charge in [-0.3, -0.25) is 14.2 Å². The van der Waals surface area contributed by atoms with Crippen molar-refractivity contribution >= 4 is 28.8 Å². The van der Waals surface area contributed by atoms with Crippen LogP contribution < -0.4 is 16.1 Å². The molecule has 4 rings (SSSR count). The molecule has 0 saturated carbocycles. The van der Waals surface area contributed by atoms with Crippen LogP contribution in [-0.2, 0) is 24.9 Å². The molecular weight excluding hydrogens is 362 g/mol. The fourth-order valence-corrected chi connectivity index (χ4v) is 3.85. The number of hydrogen-bond donors (Lipinski definition) is 1. The van der Waals surface area contributed by atoms with E-state index in [0.717, 1.165) is 22.4 Å². The first-order valence-electron chi connectivity index (χ1n) is 9.04. The Morgan fingerprint density at radius 2 is 1.96 bits per heavy atom. The van der Waals surface area contributed by atoms with Gasteiger partial charge >= 0.3 is 11.7 Å². The van der Waals surface area contributed by atoms with E-state index >= 15 is 0 Å². The molecule has 0 aliphatic carbocycles. The number of para-hydroxylation sites is 1. The molecule has 0 bridgehead atoms. The van der Waals surface area contributed by atoms with Crippen molar-refractivity contribution in [2.24, 2.45) is 13.0 Å². The molecule has 2 aromatic heterocycles. The molecule has 9 nitrogen and oxygen atoms in total. The molecule has 0 amide bonds. The zero-order valence-corrected chi connectivity index (χ0v) is 15.9. The van der Waals surface area contributed by atoms with Crippen molar-refractivity contribution in [1.29, 1.82) is 0 Å². The Labute approximate surface area is 160 Å². The fourth-order valence-electron chi connectivity index (χ4n) is 3.85. The van der Waals surface area contributed by atoms with E-state index in [2.05, 4.69) is 16.8 Å². The predicted octanol–water partition coefficient (Wildman–Crippen LogP) is 1.08. The van der Waals surface area contributed by atoms with Gasteiger partial charge in [-0.1, -0.05) is 25.1 Å². The summed E-state index contributed by atoms with van der Waals surface area (Å²) >= 11 is 0. The van der Waals surface area contributed by atoms with Gasteiger partial charge in [0.15, 0.2) is 11.2 Å². The van der Waals surface area contributed by atoms with Crippen LogP contribution in [0.1, 0.15) is 12.5 Å². The highest BCUT2D eigenvalue weighted by atomic mass is 16.4. The van der Waals surface area contributed by atoms with Gasteiger partial charge < -0.3 is 14.6 Å². The first-order chi connectivity index (χ1) is 13.3. The lowest BCUT2D eigenvalue weighted by atomic mass is 10.1. The number of benzene rings is 1. The topological polar surface area (TPSA) is 102 Å². The molecule has 0 unspecified atom stereocenters. The highest BCUT2D eigenvalue weighted by Crippen LogP contribution is 2.34. The Bertz CT molecular complexity index is 1220. The second-order valence-electron chi connectivity index (χ2n) is 7.32. The molecule has 1 aromatic carbocycles. The largest absolute Gasteiger partial charge is 0.480 e. The second-order valence-corrected chi connectivity index (χ2v) is 7.32. The first-order valence-corrected chi connectivity index (χ1v) is 9.04. The molecular formula is C19H21N5O4. The third-order valence-corrected chi connectivity index (χ3v) is 5.14.